The fourth-order valence-corrected chi connectivity index (χ4v) is 5.68. The Hall–Kier alpha value is -1.41. The molecule has 1 saturated heterocycles. The van der Waals surface area contributed by atoms with Crippen LogP contribution in [-0.2, 0) is 27.7 Å². The van der Waals surface area contributed by atoms with Crippen molar-refractivity contribution in [2.45, 2.75) is 64.2 Å². The Morgan fingerprint density at radius 3 is 2.48 bits per heavy atom. The molecule has 1 aliphatic heterocycles. The van der Waals surface area contributed by atoms with E-state index < -0.39 is 9.84 Å². The maximum atomic E-state index is 12.9. The number of imidazole rings is 1. The molecule has 152 valence electrons. The minimum absolute atomic E-state index is 0.118. The highest BCUT2D eigenvalue weighted by atomic mass is 32.2. The first-order chi connectivity index (χ1) is 12.9. The van der Waals surface area contributed by atoms with Crippen molar-refractivity contribution in [3.8, 4) is 0 Å². The van der Waals surface area contributed by atoms with E-state index >= 15 is 0 Å². The molecule has 0 radical (unpaired) electrons. The van der Waals surface area contributed by atoms with Crippen molar-refractivity contribution in [2.75, 3.05) is 31.9 Å². The molecule has 0 N–H and O–H groups in total. The SMILES string of the molecule is CCCCn1c(CN2CCN(C(C)=O)CC2)cnc1S(=O)(=O)CC1CCC1. The molecule has 1 saturated carbocycles. The van der Waals surface area contributed by atoms with Crippen molar-refractivity contribution < 1.29 is 13.2 Å². The number of hydrogen-bond acceptors (Lipinski definition) is 5. The van der Waals surface area contributed by atoms with Crippen molar-refractivity contribution in [3.63, 3.8) is 0 Å². The van der Waals surface area contributed by atoms with Crippen LogP contribution in [0.3, 0.4) is 0 Å². The topological polar surface area (TPSA) is 75.5 Å². The minimum Gasteiger partial charge on any atom is -0.340 e. The summed E-state index contributed by atoms with van der Waals surface area (Å²) in [5.41, 5.74) is 0.965. The van der Waals surface area contributed by atoms with Crippen LogP contribution in [0.1, 0.15) is 51.6 Å². The van der Waals surface area contributed by atoms with Crippen molar-refractivity contribution in [3.05, 3.63) is 11.9 Å². The van der Waals surface area contributed by atoms with Gasteiger partial charge >= 0.3 is 0 Å². The number of nitrogens with zero attached hydrogens (tertiary/aromatic N) is 4. The van der Waals surface area contributed by atoms with Gasteiger partial charge in [-0.05, 0) is 25.2 Å². The van der Waals surface area contributed by atoms with Gasteiger partial charge in [0, 0.05) is 46.2 Å². The Morgan fingerprint density at radius 1 is 1.22 bits per heavy atom. The van der Waals surface area contributed by atoms with Crippen LogP contribution in [0, 0.1) is 5.92 Å². The van der Waals surface area contributed by atoms with Gasteiger partial charge < -0.3 is 9.47 Å². The van der Waals surface area contributed by atoms with Crippen molar-refractivity contribution in [1.29, 1.82) is 0 Å². The summed E-state index contributed by atoms with van der Waals surface area (Å²) in [4.78, 5) is 20.0. The van der Waals surface area contributed by atoms with Gasteiger partial charge in [-0.2, -0.15) is 0 Å². The quantitative estimate of drug-likeness (QED) is 0.671. The predicted octanol–water partition coefficient (Wildman–Crippen LogP) is 1.92. The van der Waals surface area contributed by atoms with Gasteiger partial charge in [0.2, 0.25) is 20.9 Å². The molecular formula is C19H32N4O3S. The molecule has 2 heterocycles. The maximum absolute atomic E-state index is 12.9. The van der Waals surface area contributed by atoms with Crippen LogP contribution in [0.25, 0.3) is 0 Å². The second-order valence-electron chi connectivity index (χ2n) is 7.90. The highest BCUT2D eigenvalue weighted by molar-refractivity contribution is 7.91. The summed E-state index contributed by atoms with van der Waals surface area (Å²) >= 11 is 0. The van der Waals surface area contributed by atoms with Gasteiger partial charge in [-0.3, -0.25) is 9.69 Å². The number of hydrogen-bond donors (Lipinski definition) is 0. The van der Waals surface area contributed by atoms with Gasteiger partial charge in [-0.1, -0.05) is 19.8 Å². The van der Waals surface area contributed by atoms with Gasteiger partial charge in [0.1, 0.15) is 0 Å². The van der Waals surface area contributed by atoms with Crippen molar-refractivity contribution >= 4 is 15.7 Å². The summed E-state index contributed by atoms with van der Waals surface area (Å²) in [6, 6.07) is 0. The largest absolute Gasteiger partial charge is 0.340 e. The molecule has 27 heavy (non-hydrogen) atoms. The smallest absolute Gasteiger partial charge is 0.227 e. The lowest BCUT2D eigenvalue weighted by atomic mass is 9.87. The second kappa shape index (κ2) is 8.73. The number of piperazine rings is 1. The fraction of sp³-hybridized carbons (Fsp3) is 0.789. The zero-order valence-electron chi connectivity index (χ0n) is 16.6. The lowest BCUT2D eigenvalue weighted by molar-refractivity contribution is -0.130. The summed E-state index contributed by atoms with van der Waals surface area (Å²) in [7, 11) is -3.34. The standard InChI is InChI=1S/C19H32N4O3S/c1-3-4-8-23-18(14-21-9-11-22(12-10-21)16(2)24)13-20-19(23)27(25,26)15-17-6-5-7-17/h13,17H,3-12,14-15H2,1-2H3. The summed E-state index contributed by atoms with van der Waals surface area (Å²) in [5, 5.41) is 0.250. The molecule has 3 rings (SSSR count). The molecule has 1 aromatic rings. The number of carbonyl (C=O) groups excluding carboxylic acids is 1. The number of unbranched alkanes of at least 4 members (excludes halogenated alkanes) is 1. The highest BCUT2D eigenvalue weighted by Crippen LogP contribution is 2.30. The van der Waals surface area contributed by atoms with E-state index in [1.165, 1.54) is 0 Å². The minimum atomic E-state index is -3.34. The number of aromatic nitrogens is 2. The third-order valence-electron chi connectivity index (χ3n) is 5.80. The van der Waals surface area contributed by atoms with Crippen LogP contribution in [-0.4, -0.2) is 65.6 Å². The molecule has 0 spiro atoms. The number of sulfone groups is 1. The monoisotopic (exact) mass is 396 g/mol. The van der Waals surface area contributed by atoms with Crippen LogP contribution in [0.5, 0.6) is 0 Å². The lowest BCUT2D eigenvalue weighted by Gasteiger charge is -2.34. The van der Waals surface area contributed by atoms with Gasteiger partial charge in [0.25, 0.3) is 0 Å². The molecule has 0 aromatic carbocycles. The first-order valence-electron chi connectivity index (χ1n) is 10.2. The summed E-state index contributed by atoms with van der Waals surface area (Å²) in [6.07, 6.45) is 6.86. The molecule has 1 aliphatic carbocycles. The molecule has 0 bridgehead atoms. The van der Waals surface area contributed by atoms with E-state index in [-0.39, 0.29) is 16.8 Å². The van der Waals surface area contributed by atoms with E-state index in [2.05, 4.69) is 16.8 Å². The van der Waals surface area contributed by atoms with Crippen LogP contribution >= 0.6 is 0 Å². The van der Waals surface area contributed by atoms with E-state index in [4.69, 9.17) is 0 Å². The molecule has 1 amide bonds. The van der Waals surface area contributed by atoms with Crippen molar-refractivity contribution in [2.24, 2.45) is 5.92 Å². The average Bonchev–Trinajstić information content (AvgIpc) is 3.00. The Bertz CT molecular complexity index is 747. The lowest BCUT2D eigenvalue weighted by Crippen LogP contribution is -2.47. The average molecular weight is 397 g/mol. The molecule has 7 nitrogen and oxygen atoms in total. The molecule has 0 unspecified atom stereocenters. The van der Waals surface area contributed by atoms with Gasteiger partial charge in [0.15, 0.2) is 0 Å². The fourth-order valence-electron chi connectivity index (χ4n) is 3.82. The van der Waals surface area contributed by atoms with E-state index in [0.717, 1.165) is 64.0 Å². The first kappa shape index (κ1) is 20.3. The Labute approximate surface area is 162 Å². The Kier molecular flexibility index (Phi) is 6.57. The maximum Gasteiger partial charge on any atom is 0.227 e. The van der Waals surface area contributed by atoms with Gasteiger partial charge in [-0.15, -0.1) is 0 Å². The molecule has 2 aliphatic rings. The van der Waals surface area contributed by atoms with Crippen LogP contribution < -0.4 is 0 Å². The van der Waals surface area contributed by atoms with Gasteiger partial charge in [0.05, 0.1) is 17.6 Å². The van der Waals surface area contributed by atoms with Gasteiger partial charge in [-0.25, -0.2) is 13.4 Å². The van der Waals surface area contributed by atoms with Crippen LogP contribution in [0.15, 0.2) is 11.4 Å². The second-order valence-corrected chi connectivity index (χ2v) is 9.83. The third kappa shape index (κ3) is 4.90. The zero-order chi connectivity index (χ0) is 19.4. The highest BCUT2D eigenvalue weighted by Gasteiger charge is 2.30. The predicted molar refractivity (Wildman–Crippen MR) is 104 cm³/mol. The van der Waals surface area contributed by atoms with Crippen molar-refractivity contribution in [1.82, 2.24) is 19.4 Å². The number of rotatable bonds is 8. The van der Waals surface area contributed by atoms with E-state index in [1.54, 1.807) is 13.1 Å². The molecule has 1 aromatic heterocycles. The van der Waals surface area contributed by atoms with E-state index in [0.29, 0.717) is 19.0 Å². The summed E-state index contributed by atoms with van der Waals surface area (Å²) < 4.78 is 27.7. The molecule has 0 atom stereocenters. The van der Waals surface area contributed by atoms with Crippen LogP contribution in [0.2, 0.25) is 0 Å². The molecule has 8 heteroatoms. The van der Waals surface area contributed by atoms with E-state index in [9.17, 15) is 13.2 Å². The summed E-state index contributed by atoms with van der Waals surface area (Å²) in [5.74, 6) is 0.647. The first-order valence-corrected chi connectivity index (χ1v) is 11.8. The van der Waals surface area contributed by atoms with Crippen LogP contribution in [0.4, 0.5) is 0 Å². The number of carbonyl (C=O) groups is 1. The number of amides is 1. The normalized spacial score (nSPS) is 19.3. The zero-order valence-corrected chi connectivity index (χ0v) is 17.4. The molecular weight excluding hydrogens is 364 g/mol. The Morgan fingerprint density at radius 2 is 1.93 bits per heavy atom. The summed E-state index contributed by atoms with van der Waals surface area (Å²) in [6.45, 7) is 8.16. The Balaban J connectivity index is 1.73. The molecule has 2 fully saturated rings. The van der Waals surface area contributed by atoms with E-state index in [1.807, 2.05) is 9.47 Å². The third-order valence-corrected chi connectivity index (χ3v) is 7.59.